The van der Waals surface area contributed by atoms with Crippen LogP contribution in [0, 0.1) is 5.82 Å². The molecule has 1 fully saturated rings. The molecule has 34 heavy (non-hydrogen) atoms. The molecule has 0 aliphatic carbocycles. The number of hydrogen-bond acceptors (Lipinski definition) is 4. The number of amides is 2. The summed E-state index contributed by atoms with van der Waals surface area (Å²) in [5.74, 6) is -0.518. The Labute approximate surface area is 226 Å². The molecule has 1 heterocycles. The first-order chi connectivity index (χ1) is 16.2. The third kappa shape index (κ3) is 5.52. The first-order valence-electron chi connectivity index (χ1n) is 9.78. The minimum absolute atomic E-state index is 0.0956. The van der Waals surface area contributed by atoms with Crippen LogP contribution in [0.2, 0.25) is 10.0 Å². The summed E-state index contributed by atoms with van der Waals surface area (Å²) in [5.41, 5.74) is 1.60. The molecule has 1 aliphatic heterocycles. The lowest BCUT2D eigenvalue weighted by molar-refractivity contribution is -0.123. The van der Waals surface area contributed by atoms with Gasteiger partial charge in [0.25, 0.3) is 11.1 Å². The van der Waals surface area contributed by atoms with E-state index in [1.807, 2.05) is 18.2 Å². The SMILES string of the molecule is O=C1S/C(=C/c2cc(Br)c(OCc3ccccc3Cl)c(Br)c2)C(=O)N1Cc1c(F)cccc1Cl. The summed E-state index contributed by atoms with van der Waals surface area (Å²) in [6.07, 6.45) is 1.60. The highest BCUT2D eigenvalue weighted by Crippen LogP contribution is 2.39. The molecule has 3 aromatic rings. The van der Waals surface area contributed by atoms with Gasteiger partial charge in [0, 0.05) is 21.2 Å². The van der Waals surface area contributed by atoms with E-state index in [-0.39, 0.29) is 28.6 Å². The Morgan fingerprint density at radius 3 is 2.35 bits per heavy atom. The van der Waals surface area contributed by atoms with Crippen LogP contribution in [0.4, 0.5) is 9.18 Å². The molecular formula is C24H14Br2Cl2FNO3S. The van der Waals surface area contributed by atoms with Gasteiger partial charge >= 0.3 is 0 Å². The Hall–Kier alpha value is -1.84. The van der Waals surface area contributed by atoms with Crippen molar-refractivity contribution in [2.24, 2.45) is 0 Å². The molecule has 0 N–H and O–H groups in total. The standard InChI is InChI=1S/C24H14Br2Cl2FNO3S/c25-16-8-13(9-17(26)22(16)33-12-14-4-1-2-5-18(14)27)10-21-23(31)30(24(32)34-21)11-15-19(28)6-3-7-20(15)29/h1-10H,11-12H2/b21-10+. The average molecular weight is 646 g/mol. The zero-order valence-electron chi connectivity index (χ0n) is 17.2. The molecule has 0 unspecified atom stereocenters. The van der Waals surface area contributed by atoms with Crippen LogP contribution >= 0.6 is 66.8 Å². The zero-order valence-corrected chi connectivity index (χ0v) is 22.7. The highest BCUT2D eigenvalue weighted by Gasteiger charge is 2.36. The van der Waals surface area contributed by atoms with Gasteiger partial charge in [0.2, 0.25) is 0 Å². The van der Waals surface area contributed by atoms with Gasteiger partial charge in [0.15, 0.2) is 0 Å². The molecule has 4 rings (SSSR count). The van der Waals surface area contributed by atoms with Crippen LogP contribution < -0.4 is 4.74 Å². The number of halogens is 5. The Morgan fingerprint density at radius 2 is 1.68 bits per heavy atom. The second kappa shape index (κ2) is 10.8. The lowest BCUT2D eigenvalue weighted by Gasteiger charge is -2.14. The number of carbonyl (C=O) groups excluding carboxylic acids is 2. The van der Waals surface area contributed by atoms with E-state index in [9.17, 15) is 14.0 Å². The molecule has 10 heteroatoms. The minimum atomic E-state index is -0.573. The lowest BCUT2D eigenvalue weighted by atomic mass is 10.2. The van der Waals surface area contributed by atoms with Crippen LogP contribution in [-0.2, 0) is 17.9 Å². The first-order valence-corrected chi connectivity index (χ1v) is 12.9. The fourth-order valence-electron chi connectivity index (χ4n) is 3.20. The summed E-state index contributed by atoms with van der Waals surface area (Å²) in [4.78, 5) is 26.5. The summed E-state index contributed by atoms with van der Waals surface area (Å²) in [5, 5.41) is 0.274. The highest BCUT2D eigenvalue weighted by molar-refractivity contribution is 9.11. The maximum absolute atomic E-state index is 14.1. The summed E-state index contributed by atoms with van der Waals surface area (Å²) in [6, 6.07) is 15.2. The van der Waals surface area contributed by atoms with Gasteiger partial charge in [-0.2, -0.15) is 0 Å². The van der Waals surface area contributed by atoms with Crippen molar-refractivity contribution >= 4 is 84.0 Å². The number of benzene rings is 3. The molecular weight excluding hydrogens is 632 g/mol. The van der Waals surface area contributed by atoms with E-state index in [2.05, 4.69) is 31.9 Å². The number of imide groups is 1. The minimum Gasteiger partial charge on any atom is -0.486 e. The Morgan fingerprint density at radius 1 is 1.00 bits per heavy atom. The Bertz CT molecular complexity index is 1290. The molecule has 0 atom stereocenters. The van der Waals surface area contributed by atoms with Crippen molar-refractivity contribution in [2.45, 2.75) is 13.2 Å². The van der Waals surface area contributed by atoms with Crippen LogP contribution in [0.3, 0.4) is 0 Å². The largest absolute Gasteiger partial charge is 0.486 e. The van der Waals surface area contributed by atoms with E-state index >= 15 is 0 Å². The van der Waals surface area contributed by atoms with Crippen molar-refractivity contribution in [3.63, 3.8) is 0 Å². The maximum Gasteiger partial charge on any atom is 0.293 e. The number of hydrogen-bond donors (Lipinski definition) is 0. The van der Waals surface area contributed by atoms with Crippen molar-refractivity contribution in [2.75, 3.05) is 0 Å². The van der Waals surface area contributed by atoms with Gasteiger partial charge in [-0.25, -0.2) is 4.39 Å². The average Bonchev–Trinajstić information content (AvgIpc) is 3.04. The molecule has 3 aromatic carbocycles. The van der Waals surface area contributed by atoms with Gasteiger partial charge in [-0.15, -0.1) is 0 Å². The monoisotopic (exact) mass is 643 g/mol. The Balaban J connectivity index is 1.53. The molecule has 0 radical (unpaired) electrons. The summed E-state index contributed by atoms with van der Waals surface area (Å²) < 4.78 is 21.4. The van der Waals surface area contributed by atoms with E-state index in [1.165, 1.54) is 18.2 Å². The number of nitrogens with zero attached hydrogens (tertiary/aromatic N) is 1. The second-order valence-electron chi connectivity index (χ2n) is 7.16. The highest BCUT2D eigenvalue weighted by atomic mass is 79.9. The van der Waals surface area contributed by atoms with Crippen LogP contribution in [0.15, 0.2) is 68.4 Å². The van der Waals surface area contributed by atoms with Crippen LogP contribution in [0.5, 0.6) is 5.75 Å². The fraction of sp³-hybridized carbons (Fsp3) is 0.0833. The summed E-state index contributed by atoms with van der Waals surface area (Å²) in [6.45, 7) is 0.0312. The predicted octanol–water partition coefficient (Wildman–Crippen LogP) is 8.47. The number of rotatable bonds is 6. The van der Waals surface area contributed by atoms with Crippen molar-refractivity contribution in [1.29, 1.82) is 0 Å². The number of thioether (sulfide) groups is 1. The van der Waals surface area contributed by atoms with Gasteiger partial charge in [-0.3, -0.25) is 14.5 Å². The summed E-state index contributed by atoms with van der Waals surface area (Å²) in [7, 11) is 0. The Kier molecular flexibility index (Phi) is 8.05. The fourth-order valence-corrected chi connectivity index (χ4v) is 5.90. The predicted molar refractivity (Wildman–Crippen MR) is 141 cm³/mol. The molecule has 0 aromatic heterocycles. The zero-order chi connectivity index (χ0) is 24.4. The van der Waals surface area contributed by atoms with Crippen molar-refractivity contribution < 1.29 is 18.7 Å². The molecule has 1 aliphatic rings. The van der Waals surface area contributed by atoms with Crippen LogP contribution in [-0.4, -0.2) is 16.0 Å². The number of carbonyl (C=O) groups is 2. The van der Waals surface area contributed by atoms with Gasteiger partial charge < -0.3 is 4.74 Å². The summed E-state index contributed by atoms with van der Waals surface area (Å²) >= 11 is 20.0. The van der Waals surface area contributed by atoms with E-state index in [0.717, 1.165) is 22.2 Å². The van der Waals surface area contributed by atoms with E-state index in [4.69, 9.17) is 27.9 Å². The van der Waals surface area contributed by atoms with E-state index < -0.39 is 17.0 Å². The van der Waals surface area contributed by atoms with Gasteiger partial charge in [0.1, 0.15) is 18.2 Å². The molecule has 0 spiro atoms. The molecule has 174 valence electrons. The lowest BCUT2D eigenvalue weighted by Crippen LogP contribution is -2.28. The molecule has 1 saturated heterocycles. The molecule has 4 nitrogen and oxygen atoms in total. The topological polar surface area (TPSA) is 46.6 Å². The van der Waals surface area contributed by atoms with Gasteiger partial charge in [-0.1, -0.05) is 47.5 Å². The van der Waals surface area contributed by atoms with Crippen LogP contribution in [0.25, 0.3) is 6.08 Å². The first kappa shape index (κ1) is 25.3. The van der Waals surface area contributed by atoms with Gasteiger partial charge in [-0.05, 0) is 85.6 Å². The van der Waals surface area contributed by atoms with Crippen molar-refractivity contribution in [1.82, 2.24) is 4.90 Å². The number of ether oxygens (including phenoxy) is 1. The third-order valence-electron chi connectivity index (χ3n) is 4.90. The smallest absolute Gasteiger partial charge is 0.293 e. The van der Waals surface area contributed by atoms with E-state index in [1.54, 1.807) is 24.3 Å². The maximum atomic E-state index is 14.1. The van der Waals surface area contributed by atoms with Crippen molar-refractivity contribution in [3.05, 3.63) is 101 Å². The molecule has 0 bridgehead atoms. The molecule has 2 amide bonds. The molecule has 0 saturated carbocycles. The quantitative estimate of drug-likeness (QED) is 0.252. The van der Waals surface area contributed by atoms with E-state index in [0.29, 0.717) is 25.3 Å². The van der Waals surface area contributed by atoms with Crippen LogP contribution in [0.1, 0.15) is 16.7 Å². The van der Waals surface area contributed by atoms with Gasteiger partial charge in [0.05, 0.1) is 20.4 Å². The normalized spacial score (nSPS) is 14.9. The van der Waals surface area contributed by atoms with Crippen molar-refractivity contribution in [3.8, 4) is 5.75 Å². The second-order valence-corrected chi connectivity index (χ2v) is 10.7. The third-order valence-corrected chi connectivity index (χ3v) is 7.71.